The van der Waals surface area contributed by atoms with Gasteiger partial charge in [0.05, 0.1) is 0 Å². The van der Waals surface area contributed by atoms with Crippen molar-refractivity contribution in [3.63, 3.8) is 0 Å². The Hall–Kier alpha value is 0.390. The minimum absolute atomic E-state index is 0.860. The minimum atomic E-state index is 0.860. The third kappa shape index (κ3) is 12.8. The Balaban J connectivity index is 3.25. The van der Waals surface area contributed by atoms with Crippen LogP contribution in [0.4, 0.5) is 0 Å². The van der Waals surface area contributed by atoms with E-state index >= 15 is 0 Å². The van der Waals surface area contributed by atoms with Gasteiger partial charge in [-0.3, -0.25) is 0 Å². The van der Waals surface area contributed by atoms with Crippen molar-refractivity contribution in [2.24, 2.45) is 5.92 Å². The molecular formula is C16H36NP. The Morgan fingerprint density at radius 1 is 0.889 bits per heavy atom. The van der Waals surface area contributed by atoms with E-state index in [-0.39, 0.29) is 0 Å². The Kier molecular flexibility index (Phi) is 12.7. The maximum atomic E-state index is 3.03. The third-order valence-corrected chi connectivity index (χ3v) is 4.29. The van der Waals surface area contributed by atoms with Crippen molar-refractivity contribution in [2.45, 2.75) is 77.3 Å². The standard InChI is InChI=1S/C16H36NP/c1-5-6-12-16(18)13-10-8-7-9-11-15(2)14-17(3)4/h15-16H,5-14,18H2,1-4H3. The lowest BCUT2D eigenvalue weighted by atomic mass is 10.0. The summed E-state index contributed by atoms with van der Waals surface area (Å²) < 4.78 is 0. The normalized spacial score (nSPS) is 15.0. The summed E-state index contributed by atoms with van der Waals surface area (Å²) in [6.45, 7) is 5.90. The van der Waals surface area contributed by atoms with Crippen LogP contribution < -0.4 is 0 Å². The van der Waals surface area contributed by atoms with Gasteiger partial charge in [0, 0.05) is 6.54 Å². The number of unbranched alkanes of at least 4 members (excludes halogenated alkanes) is 4. The molecule has 0 radical (unpaired) electrons. The number of rotatable bonds is 12. The molecule has 18 heavy (non-hydrogen) atoms. The second kappa shape index (κ2) is 12.4. The third-order valence-electron chi connectivity index (χ3n) is 3.63. The SMILES string of the molecule is CCCCC(P)CCCCCCC(C)CN(C)C. The molecular weight excluding hydrogens is 237 g/mol. The maximum Gasteiger partial charge on any atom is 0.0000920 e. The van der Waals surface area contributed by atoms with Crippen molar-refractivity contribution >= 4 is 9.24 Å². The molecule has 0 rings (SSSR count). The number of hydrogen-bond acceptors (Lipinski definition) is 1. The molecule has 0 amide bonds. The highest BCUT2D eigenvalue weighted by Gasteiger charge is 2.04. The van der Waals surface area contributed by atoms with E-state index in [1.165, 1.54) is 64.3 Å². The zero-order valence-electron chi connectivity index (χ0n) is 13.3. The van der Waals surface area contributed by atoms with Crippen molar-refractivity contribution in [1.29, 1.82) is 0 Å². The van der Waals surface area contributed by atoms with Gasteiger partial charge in [-0.15, -0.1) is 9.24 Å². The molecule has 0 fully saturated rings. The molecule has 0 saturated carbocycles. The van der Waals surface area contributed by atoms with Gasteiger partial charge in [0.15, 0.2) is 0 Å². The summed E-state index contributed by atoms with van der Waals surface area (Å²) in [5.41, 5.74) is 0.873. The van der Waals surface area contributed by atoms with Crippen LogP contribution in [0.2, 0.25) is 0 Å². The topological polar surface area (TPSA) is 3.24 Å². The van der Waals surface area contributed by atoms with Crippen molar-refractivity contribution in [3.8, 4) is 0 Å². The Morgan fingerprint density at radius 2 is 1.44 bits per heavy atom. The monoisotopic (exact) mass is 273 g/mol. The van der Waals surface area contributed by atoms with Crippen LogP contribution in [0.3, 0.4) is 0 Å². The van der Waals surface area contributed by atoms with Crippen molar-refractivity contribution in [1.82, 2.24) is 4.90 Å². The molecule has 110 valence electrons. The summed E-state index contributed by atoms with van der Waals surface area (Å²) in [4.78, 5) is 2.30. The first-order chi connectivity index (χ1) is 8.56. The van der Waals surface area contributed by atoms with Crippen LogP contribution in [-0.2, 0) is 0 Å². The maximum absolute atomic E-state index is 3.03. The lowest BCUT2D eigenvalue weighted by Gasteiger charge is -2.16. The van der Waals surface area contributed by atoms with Crippen LogP contribution in [0.1, 0.15) is 71.6 Å². The van der Waals surface area contributed by atoms with Crippen LogP contribution in [0.15, 0.2) is 0 Å². The van der Waals surface area contributed by atoms with Crippen LogP contribution in [0, 0.1) is 5.92 Å². The Labute approximate surface area is 118 Å². The second-order valence-corrected chi connectivity index (χ2v) is 7.20. The summed E-state index contributed by atoms with van der Waals surface area (Å²) in [5.74, 6) is 0.860. The number of hydrogen-bond donors (Lipinski definition) is 0. The first-order valence-electron chi connectivity index (χ1n) is 7.96. The molecule has 0 aliphatic heterocycles. The molecule has 2 heteroatoms. The molecule has 3 atom stereocenters. The molecule has 0 saturated heterocycles. The van der Waals surface area contributed by atoms with Crippen LogP contribution >= 0.6 is 9.24 Å². The molecule has 0 N–H and O–H groups in total. The van der Waals surface area contributed by atoms with Crippen LogP contribution in [-0.4, -0.2) is 31.2 Å². The predicted molar refractivity (Wildman–Crippen MR) is 88.4 cm³/mol. The first-order valence-corrected chi connectivity index (χ1v) is 8.63. The van der Waals surface area contributed by atoms with Gasteiger partial charge in [0.1, 0.15) is 0 Å². The molecule has 0 aromatic rings. The highest BCUT2D eigenvalue weighted by Crippen LogP contribution is 2.18. The summed E-state index contributed by atoms with van der Waals surface area (Å²) in [7, 11) is 7.38. The predicted octanol–water partition coefficient (Wildman–Crippen LogP) is 4.96. The van der Waals surface area contributed by atoms with Gasteiger partial charge in [0.2, 0.25) is 0 Å². The summed E-state index contributed by atoms with van der Waals surface area (Å²) in [6.07, 6.45) is 12.7. The van der Waals surface area contributed by atoms with E-state index in [4.69, 9.17) is 0 Å². The van der Waals surface area contributed by atoms with Crippen LogP contribution in [0.5, 0.6) is 0 Å². The largest absolute Gasteiger partial charge is 0.309 e. The molecule has 0 aromatic carbocycles. The summed E-state index contributed by atoms with van der Waals surface area (Å²) in [6, 6.07) is 0. The molecule has 0 spiro atoms. The lowest BCUT2D eigenvalue weighted by molar-refractivity contribution is 0.321. The van der Waals surface area contributed by atoms with E-state index < -0.39 is 0 Å². The van der Waals surface area contributed by atoms with Gasteiger partial charge in [-0.25, -0.2) is 0 Å². The smallest absolute Gasteiger partial charge is 0.0000920 e. The fourth-order valence-corrected chi connectivity index (χ4v) is 3.05. The summed E-state index contributed by atoms with van der Waals surface area (Å²) >= 11 is 0. The van der Waals surface area contributed by atoms with E-state index in [9.17, 15) is 0 Å². The van der Waals surface area contributed by atoms with Gasteiger partial charge in [-0.1, -0.05) is 52.4 Å². The molecule has 3 unspecified atom stereocenters. The van der Waals surface area contributed by atoms with E-state index in [0.717, 1.165) is 11.6 Å². The molecule has 1 nitrogen and oxygen atoms in total. The Morgan fingerprint density at radius 3 is 2.00 bits per heavy atom. The fraction of sp³-hybridized carbons (Fsp3) is 1.00. The zero-order chi connectivity index (χ0) is 13.8. The average molecular weight is 273 g/mol. The van der Waals surface area contributed by atoms with Gasteiger partial charge < -0.3 is 4.90 Å². The van der Waals surface area contributed by atoms with E-state index in [1.807, 2.05) is 0 Å². The van der Waals surface area contributed by atoms with Crippen molar-refractivity contribution in [2.75, 3.05) is 20.6 Å². The van der Waals surface area contributed by atoms with Gasteiger partial charge >= 0.3 is 0 Å². The highest BCUT2D eigenvalue weighted by atomic mass is 31.0. The van der Waals surface area contributed by atoms with Crippen molar-refractivity contribution in [3.05, 3.63) is 0 Å². The molecule has 0 bridgehead atoms. The number of nitrogens with zero attached hydrogens (tertiary/aromatic N) is 1. The average Bonchev–Trinajstić information content (AvgIpc) is 2.30. The van der Waals surface area contributed by atoms with Gasteiger partial charge in [-0.2, -0.15) is 0 Å². The first kappa shape index (κ1) is 18.4. The highest BCUT2D eigenvalue weighted by molar-refractivity contribution is 7.17. The molecule has 0 aromatic heterocycles. The van der Waals surface area contributed by atoms with E-state index in [2.05, 4.69) is 42.1 Å². The minimum Gasteiger partial charge on any atom is -0.309 e. The molecule has 0 heterocycles. The van der Waals surface area contributed by atoms with E-state index in [0.29, 0.717) is 0 Å². The quantitative estimate of drug-likeness (QED) is 0.359. The molecule has 0 aliphatic rings. The second-order valence-electron chi connectivity index (χ2n) is 6.26. The van der Waals surface area contributed by atoms with Crippen LogP contribution in [0.25, 0.3) is 0 Å². The van der Waals surface area contributed by atoms with Crippen molar-refractivity contribution < 1.29 is 0 Å². The Bertz CT molecular complexity index is 170. The summed E-state index contributed by atoms with van der Waals surface area (Å²) in [5, 5.41) is 0. The zero-order valence-corrected chi connectivity index (χ0v) is 14.4. The van der Waals surface area contributed by atoms with Gasteiger partial charge in [0.25, 0.3) is 0 Å². The molecule has 0 aliphatic carbocycles. The fourth-order valence-electron chi connectivity index (χ4n) is 2.58. The lowest BCUT2D eigenvalue weighted by Crippen LogP contribution is -2.19. The van der Waals surface area contributed by atoms with Gasteiger partial charge in [-0.05, 0) is 44.9 Å². The van der Waals surface area contributed by atoms with E-state index in [1.54, 1.807) is 0 Å².